The van der Waals surface area contributed by atoms with Crippen molar-refractivity contribution in [2.45, 2.75) is 19.4 Å². The van der Waals surface area contributed by atoms with Crippen molar-refractivity contribution in [3.05, 3.63) is 47.5 Å². The Morgan fingerprint density at radius 2 is 2.38 bits per heavy atom. The molecule has 1 aliphatic rings. The predicted octanol–water partition coefficient (Wildman–Crippen LogP) is 2.10. The van der Waals surface area contributed by atoms with Crippen molar-refractivity contribution < 1.29 is 13.7 Å². The highest BCUT2D eigenvalue weighted by Crippen LogP contribution is 2.23. The van der Waals surface area contributed by atoms with Gasteiger partial charge in [-0.05, 0) is 24.6 Å². The van der Waals surface area contributed by atoms with Gasteiger partial charge in [0.2, 0.25) is 5.91 Å². The number of nitrogens with one attached hydrogen (secondary N) is 2. The van der Waals surface area contributed by atoms with Gasteiger partial charge in [0.25, 0.3) is 0 Å². The lowest BCUT2D eigenvalue weighted by Crippen LogP contribution is -2.46. The van der Waals surface area contributed by atoms with E-state index in [1.54, 1.807) is 25.1 Å². The van der Waals surface area contributed by atoms with Crippen LogP contribution in [0.1, 0.15) is 23.8 Å². The number of piperazine rings is 1. The summed E-state index contributed by atoms with van der Waals surface area (Å²) in [5, 5.41) is 9.80. The first-order chi connectivity index (χ1) is 11.6. The van der Waals surface area contributed by atoms with Crippen LogP contribution in [0, 0.1) is 12.7 Å². The number of amides is 1. The van der Waals surface area contributed by atoms with Gasteiger partial charge in [-0.1, -0.05) is 17.3 Å². The molecule has 1 aromatic heterocycles. The highest BCUT2D eigenvalue weighted by Gasteiger charge is 2.24. The van der Waals surface area contributed by atoms with Crippen LogP contribution in [0.4, 0.5) is 10.2 Å². The summed E-state index contributed by atoms with van der Waals surface area (Å²) in [7, 11) is 0. The number of rotatable bonds is 5. The van der Waals surface area contributed by atoms with Gasteiger partial charge < -0.3 is 15.2 Å². The molecule has 2 heterocycles. The summed E-state index contributed by atoms with van der Waals surface area (Å²) in [5.41, 5.74) is 0.926. The monoisotopic (exact) mass is 332 g/mol. The summed E-state index contributed by atoms with van der Waals surface area (Å²) in [6.45, 7) is 4.79. The molecule has 1 amide bonds. The lowest BCUT2D eigenvalue weighted by molar-refractivity contribution is -0.116. The van der Waals surface area contributed by atoms with Gasteiger partial charge in [0.1, 0.15) is 11.6 Å². The number of halogens is 1. The molecule has 1 unspecified atom stereocenters. The van der Waals surface area contributed by atoms with Gasteiger partial charge in [0.15, 0.2) is 5.82 Å². The third-order valence-electron chi connectivity index (χ3n) is 4.11. The summed E-state index contributed by atoms with van der Waals surface area (Å²) >= 11 is 0. The average molecular weight is 332 g/mol. The number of anilines is 1. The number of aromatic nitrogens is 1. The van der Waals surface area contributed by atoms with Crippen LogP contribution in [0.25, 0.3) is 0 Å². The quantitative estimate of drug-likeness (QED) is 0.877. The fourth-order valence-corrected chi connectivity index (χ4v) is 2.93. The van der Waals surface area contributed by atoms with Crippen molar-refractivity contribution in [1.29, 1.82) is 0 Å². The van der Waals surface area contributed by atoms with E-state index < -0.39 is 0 Å². The summed E-state index contributed by atoms with van der Waals surface area (Å²) in [4.78, 5) is 14.3. The number of carbonyl (C=O) groups excluding carboxylic acids is 1. The van der Waals surface area contributed by atoms with Crippen molar-refractivity contribution in [1.82, 2.24) is 15.4 Å². The fraction of sp³-hybridized carbons (Fsp3) is 0.412. The minimum absolute atomic E-state index is 0.0662. The Morgan fingerprint density at radius 3 is 3.12 bits per heavy atom. The second kappa shape index (κ2) is 7.55. The predicted molar refractivity (Wildman–Crippen MR) is 88.1 cm³/mol. The Kier molecular flexibility index (Phi) is 5.22. The van der Waals surface area contributed by atoms with Gasteiger partial charge in [-0.2, -0.15) is 0 Å². The highest BCUT2D eigenvalue weighted by atomic mass is 19.1. The van der Waals surface area contributed by atoms with Crippen LogP contribution in [0.2, 0.25) is 0 Å². The zero-order valence-corrected chi connectivity index (χ0v) is 13.6. The van der Waals surface area contributed by atoms with E-state index >= 15 is 0 Å². The molecule has 2 aromatic rings. The van der Waals surface area contributed by atoms with E-state index in [0.717, 1.165) is 25.2 Å². The number of nitrogens with zero attached hydrogens (tertiary/aromatic N) is 2. The van der Waals surface area contributed by atoms with Gasteiger partial charge in [-0.15, -0.1) is 0 Å². The molecule has 0 saturated carbocycles. The van der Waals surface area contributed by atoms with Gasteiger partial charge in [0, 0.05) is 44.7 Å². The van der Waals surface area contributed by atoms with E-state index in [9.17, 15) is 9.18 Å². The molecular formula is C17H21FN4O2. The molecule has 0 radical (unpaired) electrons. The van der Waals surface area contributed by atoms with E-state index in [-0.39, 0.29) is 17.8 Å². The Hall–Kier alpha value is -2.25. The summed E-state index contributed by atoms with van der Waals surface area (Å²) in [5.74, 6) is 0.732. The Bertz CT molecular complexity index is 703. The Balaban J connectivity index is 1.58. The molecule has 6 nitrogen and oxygen atoms in total. The van der Waals surface area contributed by atoms with E-state index in [1.807, 2.05) is 6.07 Å². The molecule has 1 atom stereocenters. The molecule has 7 heteroatoms. The van der Waals surface area contributed by atoms with E-state index in [0.29, 0.717) is 24.5 Å². The van der Waals surface area contributed by atoms with Gasteiger partial charge in [-0.25, -0.2) is 4.39 Å². The number of hydrogen-bond donors (Lipinski definition) is 2. The van der Waals surface area contributed by atoms with Gasteiger partial charge in [-0.3, -0.25) is 9.69 Å². The number of hydrogen-bond acceptors (Lipinski definition) is 5. The van der Waals surface area contributed by atoms with Gasteiger partial charge in [0.05, 0.1) is 0 Å². The maximum absolute atomic E-state index is 13.5. The molecule has 0 spiro atoms. The molecule has 0 aliphatic carbocycles. The minimum atomic E-state index is -0.239. The molecule has 1 aliphatic heterocycles. The topological polar surface area (TPSA) is 70.4 Å². The van der Waals surface area contributed by atoms with E-state index in [1.165, 1.54) is 6.07 Å². The lowest BCUT2D eigenvalue weighted by Gasteiger charge is -2.36. The first-order valence-electron chi connectivity index (χ1n) is 8.05. The lowest BCUT2D eigenvalue weighted by atomic mass is 10.0. The van der Waals surface area contributed by atoms with E-state index in [2.05, 4.69) is 20.7 Å². The van der Waals surface area contributed by atoms with Crippen molar-refractivity contribution in [3.8, 4) is 0 Å². The average Bonchev–Trinajstić information content (AvgIpc) is 2.98. The zero-order valence-electron chi connectivity index (χ0n) is 13.6. The zero-order chi connectivity index (χ0) is 16.9. The second-order valence-electron chi connectivity index (χ2n) is 5.93. The molecule has 3 rings (SSSR count). The first-order valence-corrected chi connectivity index (χ1v) is 8.05. The molecule has 24 heavy (non-hydrogen) atoms. The minimum Gasteiger partial charge on any atom is -0.360 e. The van der Waals surface area contributed by atoms with Crippen molar-refractivity contribution in [3.63, 3.8) is 0 Å². The third kappa shape index (κ3) is 4.18. The summed E-state index contributed by atoms with van der Waals surface area (Å²) < 4.78 is 18.4. The number of carbonyl (C=O) groups is 1. The normalized spacial score (nSPS) is 18.5. The van der Waals surface area contributed by atoms with Crippen LogP contribution in [-0.4, -0.2) is 42.1 Å². The maximum Gasteiger partial charge on any atom is 0.226 e. The SMILES string of the molecule is Cc1cc(NC(=O)CCN2CCNCC2c2cccc(F)c2)no1. The van der Waals surface area contributed by atoms with Crippen LogP contribution < -0.4 is 10.6 Å². The fourth-order valence-electron chi connectivity index (χ4n) is 2.93. The van der Waals surface area contributed by atoms with Crippen LogP contribution in [0.3, 0.4) is 0 Å². The molecular weight excluding hydrogens is 311 g/mol. The molecule has 128 valence electrons. The van der Waals surface area contributed by atoms with Crippen LogP contribution >= 0.6 is 0 Å². The number of benzene rings is 1. The highest BCUT2D eigenvalue weighted by molar-refractivity contribution is 5.89. The van der Waals surface area contributed by atoms with Crippen molar-refractivity contribution >= 4 is 11.7 Å². The molecule has 0 bridgehead atoms. The number of aryl methyl sites for hydroxylation is 1. The molecule has 1 fully saturated rings. The second-order valence-corrected chi connectivity index (χ2v) is 5.93. The largest absolute Gasteiger partial charge is 0.360 e. The Labute approximate surface area is 140 Å². The first kappa shape index (κ1) is 16.6. The Morgan fingerprint density at radius 1 is 1.50 bits per heavy atom. The van der Waals surface area contributed by atoms with Crippen LogP contribution in [0.15, 0.2) is 34.9 Å². The van der Waals surface area contributed by atoms with Gasteiger partial charge >= 0.3 is 0 Å². The molecule has 2 N–H and O–H groups in total. The van der Waals surface area contributed by atoms with E-state index in [4.69, 9.17) is 4.52 Å². The maximum atomic E-state index is 13.5. The van der Waals surface area contributed by atoms with Crippen LogP contribution in [-0.2, 0) is 4.79 Å². The smallest absolute Gasteiger partial charge is 0.226 e. The van der Waals surface area contributed by atoms with Crippen LogP contribution in [0.5, 0.6) is 0 Å². The molecule has 1 aromatic carbocycles. The summed E-state index contributed by atoms with van der Waals surface area (Å²) in [6, 6.07) is 8.39. The standard InChI is InChI=1S/C17H21FN4O2/c1-12-9-16(21-24-12)20-17(23)5-7-22-8-6-19-11-15(22)13-3-2-4-14(18)10-13/h2-4,9-10,15,19H,5-8,11H2,1H3,(H,20,21,23). The summed E-state index contributed by atoms with van der Waals surface area (Å²) in [6.07, 6.45) is 0.345. The molecule has 1 saturated heterocycles. The third-order valence-corrected chi connectivity index (χ3v) is 4.11. The van der Waals surface area contributed by atoms with Crippen molar-refractivity contribution in [2.24, 2.45) is 0 Å². The van der Waals surface area contributed by atoms with Crippen molar-refractivity contribution in [2.75, 3.05) is 31.5 Å².